The van der Waals surface area contributed by atoms with Crippen molar-refractivity contribution >= 4 is 5.97 Å². The second kappa shape index (κ2) is 7.54. The van der Waals surface area contributed by atoms with Crippen molar-refractivity contribution in [3.63, 3.8) is 0 Å². The normalized spacial score (nSPS) is 23.4. The maximum absolute atomic E-state index is 10.7. The minimum Gasteiger partial charge on any atom is -0.481 e. The molecule has 1 N–H and O–H groups in total. The van der Waals surface area contributed by atoms with Gasteiger partial charge >= 0.3 is 5.97 Å². The lowest BCUT2D eigenvalue weighted by molar-refractivity contribution is -0.137. The summed E-state index contributed by atoms with van der Waals surface area (Å²) < 4.78 is 5.96. The lowest BCUT2D eigenvalue weighted by Gasteiger charge is -2.40. The highest BCUT2D eigenvalue weighted by Crippen LogP contribution is 2.28. The van der Waals surface area contributed by atoms with Crippen LogP contribution in [-0.4, -0.2) is 67.3 Å². The van der Waals surface area contributed by atoms with Crippen molar-refractivity contribution in [1.82, 2.24) is 9.80 Å². The molecule has 116 valence electrons. The minimum atomic E-state index is -0.761. The van der Waals surface area contributed by atoms with Gasteiger partial charge in [0.1, 0.15) is 0 Å². The highest BCUT2D eigenvalue weighted by atomic mass is 16.5. The first kappa shape index (κ1) is 15.9. The van der Waals surface area contributed by atoms with Gasteiger partial charge in [-0.2, -0.15) is 0 Å². The molecule has 0 aromatic heterocycles. The summed E-state index contributed by atoms with van der Waals surface area (Å²) >= 11 is 0. The maximum Gasteiger partial charge on any atom is 0.304 e. The summed E-state index contributed by atoms with van der Waals surface area (Å²) in [6, 6.07) is 10.6. The van der Waals surface area contributed by atoms with E-state index in [0.29, 0.717) is 6.54 Å². The van der Waals surface area contributed by atoms with Crippen molar-refractivity contribution in [2.75, 3.05) is 40.3 Å². The SMILES string of the molecule is CN(CCC(=O)O)C[C@@H]1OCCN(C)[C@H]1c1ccccc1. The van der Waals surface area contributed by atoms with E-state index in [0.717, 1.165) is 19.7 Å². The summed E-state index contributed by atoms with van der Waals surface area (Å²) in [5.74, 6) is -0.761. The number of rotatable bonds is 6. The van der Waals surface area contributed by atoms with E-state index >= 15 is 0 Å². The molecule has 1 aliphatic heterocycles. The molecule has 1 aliphatic rings. The van der Waals surface area contributed by atoms with E-state index in [-0.39, 0.29) is 18.6 Å². The molecule has 0 radical (unpaired) electrons. The number of morpholine rings is 1. The fraction of sp³-hybridized carbons (Fsp3) is 0.562. The van der Waals surface area contributed by atoms with E-state index in [9.17, 15) is 4.79 Å². The van der Waals surface area contributed by atoms with E-state index in [1.807, 2.05) is 30.1 Å². The van der Waals surface area contributed by atoms with Crippen LogP contribution >= 0.6 is 0 Å². The largest absolute Gasteiger partial charge is 0.481 e. The number of benzene rings is 1. The van der Waals surface area contributed by atoms with Crippen LogP contribution in [0, 0.1) is 0 Å². The Morgan fingerprint density at radius 2 is 2.14 bits per heavy atom. The van der Waals surface area contributed by atoms with Gasteiger partial charge in [0.25, 0.3) is 0 Å². The van der Waals surface area contributed by atoms with Crippen molar-refractivity contribution in [2.24, 2.45) is 0 Å². The molecular formula is C16H24N2O3. The molecule has 5 nitrogen and oxygen atoms in total. The topological polar surface area (TPSA) is 53.0 Å². The van der Waals surface area contributed by atoms with E-state index < -0.39 is 5.97 Å². The first-order valence-corrected chi connectivity index (χ1v) is 7.35. The monoisotopic (exact) mass is 292 g/mol. The molecule has 2 atom stereocenters. The van der Waals surface area contributed by atoms with Crippen LogP contribution in [0.15, 0.2) is 30.3 Å². The molecule has 0 spiro atoms. The molecule has 5 heteroatoms. The predicted molar refractivity (Wildman–Crippen MR) is 81.3 cm³/mol. The van der Waals surface area contributed by atoms with Crippen LogP contribution in [0.4, 0.5) is 0 Å². The highest BCUT2D eigenvalue weighted by Gasteiger charge is 2.32. The average molecular weight is 292 g/mol. The van der Waals surface area contributed by atoms with Gasteiger partial charge in [-0.25, -0.2) is 0 Å². The first-order valence-electron chi connectivity index (χ1n) is 7.35. The third-order valence-corrected chi connectivity index (χ3v) is 3.94. The number of carboxylic acids is 1. The zero-order chi connectivity index (χ0) is 15.2. The Kier molecular flexibility index (Phi) is 5.73. The zero-order valence-corrected chi connectivity index (χ0v) is 12.7. The number of carboxylic acid groups (broad SMARTS) is 1. The van der Waals surface area contributed by atoms with Gasteiger partial charge in [-0.05, 0) is 19.7 Å². The molecule has 21 heavy (non-hydrogen) atoms. The van der Waals surface area contributed by atoms with Crippen LogP contribution in [-0.2, 0) is 9.53 Å². The van der Waals surface area contributed by atoms with Crippen LogP contribution in [0.1, 0.15) is 18.0 Å². The van der Waals surface area contributed by atoms with E-state index in [2.05, 4.69) is 24.1 Å². The second-order valence-electron chi connectivity index (χ2n) is 5.65. The predicted octanol–water partition coefficient (Wildman–Crippen LogP) is 1.46. The average Bonchev–Trinajstić information content (AvgIpc) is 2.46. The fourth-order valence-electron chi connectivity index (χ4n) is 2.82. The molecule has 0 bridgehead atoms. The van der Waals surface area contributed by atoms with Crippen molar-refractivity contribution in [3.05, 3.63) is 35.9 Å². The number of carbonyl (C=O) groups is 1. The number of likely N-dealkylation sites (N-methyl/N-ethyl adjacent to an activating group) is 2. The van der Waals surface area contributed by atoms with Crippen molar-refractivity contribution in [1.29, 1.82) is 0 Å². The molecule has 1 aromatic carbocycles. The van der Waals surface area contributed by atoms with Crippen LogP contribution in [0.25, 0.3) is 0 Å². The molecule has 0 amide bonds. The smallest absolute Gasteiger partial charge is 0.304 e. The first-order chi connectivity index (χ1) is 10.1. The number of nitrogens with zero attached hydrogens (tertiary/aromatic N) is 2. The van der Waals surface area contributed by atoms with Crippen molar-refractivity contribution in [3.8, 4) is 0 Å². The van der Waals surface area contributed by atoms with Gasteiger partial charge in [0.15, 0.2) is 0 Å². The van der Waals surface area contributed by atoms with Gasteiger partial charge in [-0.15, -0.1) is 0 Å². The van der Waals surface area contributed by atoms with E-state index in [1.54, 1.807) is 0 Å². The minimum absolute atomic E-state index is 0.0601. The van der Waals surface area contributed by atoms with Gasteiger partial charge in [-0.1, -0.05) is 30.3 Å². The Bertz CT molecular complexity index is 452. The summed E-state index contributed by atoms with van der Waals surface area (Å²) in [5, 5.41) is 8.77. The van der Waals surface area contributed by atoms with Gasteiger partial charge in [0, 0.05) is 19.6 Å². The summed E-state index contributed by atoms with van der Waals surface area (Å²) in [6.45, 7) is 2.91. The van der Waals surface area contributed by atoms with Crippen LogP contribution in [0.3, 0.4) is 0 Å². The lowest BCUT2D eigenvalue weighted by atomic mass is 9.98. The van der Waals surface area contributed by atoms with Gasteiger partial charge in [-0.3, -0.25) is 9.69 Å². The molecule has 0 saturated carbocycles. The standard InChI is InChI=1S/C16H24N2O3/c1-17(9-8-15(19)20)12-14-16(18(2)10-11-21-14)13-6-4-3-5-7-13/h3-7,14,16H,8-12H2,1-2H3,(H,19,20)/t14-,16-/m0/s1. The molecule has 1 heterocycles. The van der Waals surface area contributed by atoms with Gasteiger partial charge in [0.05, 0.1) is 25.2 Å². The Balaban J connectivity index is 2.03. The summed E-state index contributed by atoms with van der Waals surface area (Å²) in [5.41, 5.74) is 1.25. The van der Waals surface area contributed by atoms with Crippen LogP contribution < -0.4 is 0 Å². The van der Waals surface area contributed by atoms with Crippen molar-refractivity contribution < 1.29 is 14.6 Å². The Labute approximate surface area is 126 Å². The zero-order valence-electron chi connectivity index (χ0n) is 12.7. The highest BCUT2D eigenvalue weighted by molar-refractivity contribution is 5.66. The molecule has 2 rings (SSSR count). The van der Waals surface area contributed by atoms with E-state index in [4.69, 9.17) is 9.84 Å². The van der Waals surface area contributed by atoms with Crippen LogP contribution in [0.2, 0.25) is 0 Å². The van der Waals surface area contributed by atoms with E-state index in [1.165, 1.54) is 5.56 Å². The summed E-state index contributed by atoms with van der Waals surface area (Å²) in [6.07, 6.45) is 0.222. The lowest BCUT2D eigenvalue weighted by Crippen LogP contribution is -2.48. The quantitative estimate of drug-likeness (QED) is 0.860. The summed E-state index contributed by atoms with van der Waals surface area (Å²) in [4.78, 5) is 15.0. The third kappa shape index (κ3) is 4.52. The number of hydrogen-bond donors (Lipinski definition) is 1. The molecule has 0 unspecified atom stereocenters. The Morgan fingerprint density at radius 3 is 2.81 bits per heavy atom. The molecule has 1 fully saturated rings. The summed E-state index contributed by atoms with van der Waals surface area (Å²) in [7, 11) is 4.06. The third-order valence-electron chi connectivity index (χ3n) is 3.94. The number of aliphatic carboxylic acids is 1. The molecular weight excluding hydrogens is 268 g/mol. The Hall–Kier alpha value is -1.43. The fourth-order valence-corrected chi connectivity index (χ4v) is 2.82. The van der Waals surface area contributed by atoms with Gasteiger partial charge < -0.3 is 14.7 Å². The maximum atomic E-state index is 10.7. The van der Waals surface area contributed by atoms with Crippen LogP contribution in [0.5, 0.6) is 0 Å². The Morgan fingerprint density at radius 1 is 1.43 bits per heavy atom. The van der Waals surface area contributed by atoms with Crippen molar-refractivity contribution in [2.45, 2.75) is 18.6 Å². The molecule has 0 aliphatic carbocycles. The number of hydrogen-bond acceptors (Lipinski definition) is 4. The molecule has 1 saturated heterocycles. The number of ether oxygens (including phenoxy) is 1. The van der Waals surface area contributed by atoms with Gasteiger partial charge in [0.2, 0.25) is 0 Å². The second-order valence-corrected chi connectivity index (χ2v) is 5.65. The molecule has 1 aromatic rings.